The van der Waals surface area contributed by atoms with Crippen molar-refractivity contribution < 1.29 is 18.3 Å². The summed E-state index contributed by atoms with van der Waals surface area (Å²) in [5.74, 6) is -1.08. The highest BCUT2D eigenvalue weighted by atomic mass is 32.1. The van der Waals surface area contributed by atoms with E-state index in [2.05, 4.69) is 15.3 Å². The fraction of sp³-hybridized carbons (Fsp3) is 0.125. The summed E-state index contributed by atoms with van der Waals surface area (Å²) in [6.45, 7) is 0.390. The summed E-state index contributed by atoms with van der Waals surface area (Å²) in [4.78, 5) is 21.1. The van der Waals surface area contributed by atoms with Gasteiger partial charge in [-0.15, -0.1) is 11.3 Å². The molecule has 2 aromatic carbocycles. The number of benzene rings is 2. The maximum absolute atomic E-state index is 13.9. The lowest BCUT2D eigenvalue weighted by atomic mass is 10.2. The summed E-state index contributed by atoms with van der Waals surface area (Å²) >= 11 is 1.31. The molecular weight excluding hydrogens is 432 g/mol. The van der Waals surface area contributed by atoms with Crippen LogP contribution in [0.25, 0.3) is 10.6 Å². The lowest BCUT2D eigenvalue weighted by Gasteiger charge is -2.10. The molecule has 0 aliphatic heterocycles. The molecule has 0 bridgehead atoms. The van der Waals surface area contributed by atoms with Crippen LogP contribution in [0.4, 0.5) is 8.78 Å². The molecule has 0 unspecified atom stereocenters. The van der Waals surface area contributed by atoms with Crippen LogP contribution in [0, 0.1) is 11.6 Å². The summed E-state index contributed by atoms with van der Waals surface area (Å²) in [7, 11) is 0. The van der Waals surface area contributed by atoms with Gasteiger partial charge in [0.2, 0.25) is 0 Å². The van der Waals surface area contributed by atoms with Gasteiger partial charge in [-0.25, -0.2) is 13.8 Å². The van der Waals surface area contributed by atoms with Crippen molar-refractivity contribution in [2.75, 3.05) is 6.54 Å². The first-order valence-electron chi connectivity index (χ1n) is 9.90. The van der Waals surface area contributed by atoms with E-state index in [-0.39, 0.29) is 18.1 Å². The molecule has 162 valence electrons. The fourth-order valence-electron chi connectivity index (χ4n) is 3.01. The van der Waals surface area contributed by atoms with Gasteiger partial charge in [0.25, 0.3) is 5.91 Å². The number of thiazole rings is 1. The molecule has 0 radical (unpaired) electrons. The molecular formula is C24H19F2N3O2S. The van der Waals surface area contributed by atoms with Gasteiger partial charge in [-0.1, -0.05) is 18.2 Å². The zero-order valence-corrected chi connectivity index (χ0v) is 17.7. The van der Waals surface area contributed by atoms with Crippen LogP contribution in [0.1, 0.15) is 21.7 Å². The maximum atomic E-state index is 13.9. The Hall–Kier alpha value is -3.65. The Morgan fingerprint density at radius 3 is 2.72 bits per heavy atom. The molecule has 2 aromatic heterocycles. The molecule has 2 heterocycles. The molecule has 0 aliphatic rings. The van der Waals surface area contributed by atoms with Crippen molar-refractivity contribution in [3.05, 3.63) is 101 Å². The molecule has 0 saturated carbocycles. The molecule has 5 nitrogen and oxygen atoms in total. The predicted molar refractivity (Wildman–Crippen MR) is 119 cm³/mol. The van der Waals surface area contributed by atoms with Crippen LogP contribution in [0.5, 0.6) is 5.75 Å². The van der Waals surface area contributed by atoms with E-state index in [4.69, 9.17) is 4.74 Å². The molecule has 4 aromatic rings. The van der Waals surface area contributed by atoms with Crippen LogP contribution in [0.2, 0.25) is 0 Å². The Labute approximate surface area is 187 Å². The number of nitrogens with one attached hydrogen (secondary N) is 1. The maximum Gasteiger partial charge on any atom is 0.270 e. The van der Waals surface area contributed by atoms with Crippen LogP contribution in [-0.2, 0) is 13.0 Å². The number of pyridine rings is 1. The number of ether oxygens (including phenoxy) is 1. The molecule has 0 spiro atoms. The standard InChI is InChI=1S/C24H19F2N3O2S/c25-17-9-8-16(20(26)13-17)14-31-22-7-2-1-6-19(22)24-29-21(15-32-24)23(30)28-12-10-18-5-3-4-11-27-18/h1-9,11,13,15H,10,12,14H2,(H,28,30). The fourth-order valence-corrected chi connectivity index (χ4v) is 3.84. The highest BCUT2D eigenvalue weighted by molar-refractivity contribution is 7.13. The molecule has 0 atom stereocenters. The molecule has 0 saturated heterocycles. The van der Waals surface area contributed by atoms with Crippen molar-refractivity contribution >= 4 is 17.2 Å². The zero-order valence-electron chi connectivity index (χ0n) is 16.9. The second-order valence-electron chi connectivity index (χ2n) is 6.89. The van der Waals surface area contributed by atoms with E-state index in [1.54, 1.807) is 23.7 Å². The summed E-state index contributed by atoms with van der Waals surface area (Å²) < 4.78 is 32.8. The Morgan fingerprint density at radius 1 is 1.06 bits per heavy atom. The molecule has 1 N–H and O–H groups in total. The normalized spacial score (nSPS) is 10.7. The zero-order chi connectivity index (χ0) is 22.3. The first kappa shape index (κ1) is 21.6. The number of carbonyl (C=O) groups excluding carboxylic acids is 1. The number of hydrogen-bond acceptors (Lipinski definition) is 5. The van der Waals surface area contributed by atoms with E-state index in [1.807, 2.05) is 30.3 Å². The largest absolute Gasteiger partial charge is 0.488 e. The highest BCUT2D eigenvalue weighted by Gasteiger charge is 2.15. The van der Waals surface area contributed by atoms with E-state index < -0.39 is 11.6 Å². The van der Waals surface area contributed by atoms with Gasteiger partial charge >= 0.3 is 0 Å². The number of halogens is 2. The molecule has 1 amide bonds. The van der Waals surface area contributed by atoms with Crippen molar-refractivity contribution in [2.24, 2.45) is 0 Å². The van der Waals surface area contributed by atoms with Gasteiger partial charge in [0.1, 0.15) is 34.7 Å². The Bertz CT molecular complexity index is 1210. The molecule has 8 heteroatoms. The monoisotopic (exact) mass is 451 g/mol. The minimum atomic E-state index is -0.665. The van der Waals surface area contributed by atoms with Gasteiger partial charge in [-0.05, 0) is 36.4 Å². The highest BCUT2D eigenvalue weighted by Crippen LogP contribution is 2.32. The van der Waals surface area contributed by atoms with E-state index in [9.17, 15) is 13.6 Å². The lowest BCUT2D eigenvalue weighted by molar-refractivity contribution is 0.0950. The van der Waals surface area contributed by atoms with Crippen molar-refractivity contribution in [3.63, 3.8) is 0 Å². The van der Waals surface area contributed by atoms with Crippen molar-refractivity contribution in [3.8, 4) is 16.3 Å². The van der Waals surface area contributed by atoms with Crippen molar-refractivity contribution in [2.45, 2.75) is 13.0 Å². The van der Waals surface area contributed by atoms with Gasteiger partial charge in [-0.2, -0.15) is 0 Å². The first-order chi connectivity index (χ1) is 15.6. The number of hydrogen-bond donors (Lipinski definition) is 1. The third-order valence-corrected chi connectivity index (χ3v) is 5.52. The lowest BCUT2D eigenvalue weighted by Crippen LogP contribution is -2.26. The Morgan fingerprint density at radius 2 is 1.91 bits per heavy atom. The van der Waals surface area contributed by atoms with E-state index in [1.165, 1.54) is 23.5 Å². The molecule has 32 heavy (non-hydrogen) atoms. The van der Waals surface area contributed by atoms with Crippen LogP contribution in [0.15, 0.2) is 72.2 Å². The quantitative estimate of drug-likeness (QED) is 0.408. The summed E-state index contributed by atoms with van der Waals surface area (Å²) in [6, 6.07) is 16.2. The smallest absolute Gasteiger partial charge is 0.270 e. The van der Waals surface area contributed by atoms with E-state index in [0.717, 1.165) is 11.8 Å². The van der Waals surface area contributed by atoms with Crippen LogP contribution in [-0.4, -0.2) is 22.4 Å². The molecule has 0 aliphatic carbocycles. The number of para-hydroxylation sites is 1. The topological polar surface area (TPSA) is 64.1 Å². The SMILES string of the molecule is O=C(NCCc1ccccn1)c1csc(-c2ccccc2OCc2ccc(F)cc2F)n1. The van der Waals surface area contributed by atoms with Crippen LogP contribution >= 0.6 is 11.3 Å². The van der Waals surface area contributed by atoms with Crippen LogP contribution in [0.3, 0.4) is 0 Å². The van der Waals surface area contributed by atoms with Gasteiger partial charge in [0.05, 0.1) is 5.56 Å². The summed E-state index contributed by atoms with van der Waals surface area (Å²) in [5.41, 5.74) is 2.14. The molecule has 0 fully saturated rings. The second-order valence-corrected chi connectivity index (χ2v) is 7.74. The number of amides is 1. The van der Waals surface area contributed by atoms with E-state index >= 15 is 0 Å². The predicted octanol–water partition coefficient (Wildman–Crippen LogP) is 5.03. The first-order valence-corrected chi connectivity index (χ1v) is 10.8. The Kier molecular flexibility index (Phi) is 6.81. The Balaban J connectivity index is 1.41. The number of nitrogens with zero attached hydrogens (tertiary/aromatic N) is 2. The van der Waals surface area contributed by atoms with Gasteiger partial charge in [0, 0.05) is 41.9 Å². The minimum absolute atomic E-state index is 0.0602. The minimum Gasteiger partial charge on any atom is -0.488 e. The number of aromatic nitrogens is 2. The van der Waals surface area contributed by atoms with Crippen LogP contribution < -0.4 is 10.1 Å². The van der Waals surface area contributed by atoms with E-state index in [0.29, 0.717) is 35.0 Å². The van der Waals surface area contributed by atoms with Gasteiger partial charge in [-0.3, -0.25) is 9.78 Å². The number of carbonyl (C=O) groups is 1. The number of rotatable bonds is 8. The second kappa shape index (κ2) is 10.1. The molecule has 4 rings (SSSR count). The average molecular weight is 451 g/mol. The third kappa shape index (κ3) is 5.33. The van der Waals surface area contributed by atoms with Crippen molar-refractivity contribution in [1.29, 1.82) is 0 Å². The average Bonchev–Trinajstić information content (AvgIpc) is 3.30. The summed E-state index contributed by atoms with van der Waals surface area (Å²) in [5, 5.41) is 5.13. The van der Waals surface area contributed by atoms with Gasteiger partial charge < -0.3 is 10.1 Å². The van der Waals surface area contributed by atoms with Gasteiger partial charge in [0.15, 0.2) is 0 Å². The third-order valence-electron chi connectivity index (χ3n) is 4.65. The van der Waals surface area contributed by atoms with Crippen molar-refractivity contribution in [1.82, 2.24) is 15.3 Å². The summed E-state index contributed by atoms with van der Waals surface area (Å²) in [6.07, 6.45) is 2.34.